The second-order valence-corrected chi connectivity index (χ2v) is 11.0. The van der Waals surface area contributed by atoms with Gasteiger partial charge in [0.2, 0.25) is 10.0 Å². The SMILES string of the molecule is CCC(C)Cn1cc(CNS(=O)(=O)C2CC2)c2cc(F)c(-c3cnc(C#N)cc3C(F)(F)F)cc21. The van der Waals surface area contributed by atoms with Crippen molar-refractivity contribution in [3.05, 3.63) is 53.2 Å². The Morgan fingerprint density at radius 2 is 1.97 bits per heavy atom. The van der Waals surface area contributed by atoms with E-state index in [1.54, 1.807) is 12.3 Å². The van der Waals surface area contributed by atoms with Gasteiger partial charge in [0, 0.05) is 47.5 Å². The summed E-state index contributed by atoms with van der Waals surface area (Å²) < 4.78 is 85.5. The molecule has 1 N–H and O–H groups in total. The number of aromatic nitrogens is 2. The van der Waals surface area contributed by atoms with E-state index in [4.69, 9.17) is 5.26 Å². The zero-order chi connectivity index (χ0) is 25.5. The van der Waals surface area contributed by atoms with Crippen molar-refractivity contribution in [1.29, 1.82) is 5.26 Å². The normalized spacial score (nSPS) is 15.3. The number of alkyl halides is 3. The van der Waals surface area contributed by atoms with E-state index in [2.05, 4.69) is 9.71 Å². The van der Waals surface area contributed by atoms with E-state index >= 15 is 4.39 Å². The van der Waals surface area contributed by atoms with Gasteiger partial charge in [0.05, 0.1) is 10.8 Å². The Balaban J connectivity index is 1.85. The number of sulfonamides is 1. The molecule has 4 rings (SSSR count). The smallest absolute Gasteiger partial charge is 0.347 e. The fourth-order valence-corrected chi connectivity index (χ4v) is 5.34. The van der Waals surface area contributed by atoms with Crippen LogP contribution in [0.1, 0.15) is 49.9 Å². The van der Waals surface area contributed by atoms with Crippen molar-refractivity contribution in [2.45, 2.75) is 57.6 Å². The van der Waals surface area contributed by atoms with Gasteiger partial charge in [0.15, 0.2) is 0 Å². The van der Waals surface area contributed by atoms with Crippen LogP contribution in [0, 0.1) is 23.1 Å². The zero-order valence-corrected chi connectivity index (χ0v) is 20.0. The van der Waals surface area contributed by atoms with Gasteiger partial charge < -0.3 is 4.57 Å². The second-order valence-electron chi connectivity index (χ2n) is 8.96. The summed E-state index contributed by atoms with van der Waals surface area (Å²) in [6.45, 7) is 4.49. The first-order chi connectivity index (χ1) is 16.4. The number of halogens is 4. The lowest BCUT2D eigenvalue weighted by Gasteiger charge is -2.15. The number of nitriles is 1. The van der Waals surface area contributed by atoms with Gasteiger partial charge in [-0.1, -0.05) is 20.3 Å². The van der Waals surface area contributed by atoms with Crippen molar-refractivity contribution in [1.82, 2.24) is 14.3 Å². The molecule has 2 aromatic heterocycles. The van der Waals surface area contributed by atoms with Crippen molar-refractivity contribution >= 4 is 20.9 Å². The molecule has 0 spiro atoms. The molecule has 3 aromatic rings. The van der Waals surface area contributed by atoms with Crippen LogP contribution in [0.5, 0.6) is 0 Å². The Morgan fingerprint density at radius 3 is 2.57 bits per heavy atom. The van der Waals surface area contributed by atoms with E-state index in [9.17, 15) is 21.6 Å². The summed E-state index contributed by atoms with van der Waals surface area (Å²) in [6, 6.07) is 4.66. The summed E-state index contributed by atoms with van der Waals surface area (Å²) in [4.78, 5) is 3.73. The first-order valence-corrected chi connectivity index (χ1v) is 12.8. The maximum Gasteiger partial charge on any atom is 0.417 e. The van der Waals surface area contributed by atoms with Crippen molar-refractivity contribution in [3.63, 3.8) is 0 Å². The predicted molar refractivity (Wildman–Crippen MR) is 123 cm³/mol. The molecular weight excluding hydrogens is 484 g/mol. The highest BCUT2D eigenvalue weighted by atomic mass is 32.2. The van der Waals surface area contributed by atoms with Gasteiger partial charge in [-0.15, -0.1) is 0 Å². The van der Waals surface area contributed by atoms with Gasteiger partial charge in [-0.3, -0.25) is 0 Å². The maximum atomic E-state index is 15.3. The van der Waals surface area contributed by atoms with Crippen LogP contribution in [-0.4, -0.2) is 23.2 Å². The summed E-state index contributed by atoms with van der Waals surface area (Å²) in [5, 5.41) is 8.98. The topological polar surface area (TPSA) is 87.8 Å². The molecule has 186 valence electrons. The molecule has 1 atom stereocenters. The summed E-state index contributed by atoms with van der Waals surface area (Å²) >= 11 is 0. The highest BCUT2D eigenvalue weighted by Crippen LogP contribution is 2.40. The van der Waals surface area contributed by atoms with E-state index in [0.717, 1.165) is 18.7 Å². The summed E-state index contributed by atoms with van der Waals surface area (Å²) in [5.74, 6) is -0.681. The molecule has 6 nitrogen and oxygen atoms in total. The number of hydrogen-bond donors (Lipinski definition) is 1. The third kappa shape index (κ3) is 5.18. The Hall–Kier alpha value is -2.97. The Labute approximate surface area is 200 Å². The minimum atomic E-state index is -4.82. The first kappa shape index (κ1) is 25.1. The third-order valence-corrected chi connectivity index (χ3v) is 8.19. The largest absolute Gasteiger partial charge is 0.417 e. The quantitative estimate of drug-likeness (QED) is 0.415. The molecule has 35 heavy (non-hydrogen) atoms. The average molecular weight is 509 g/mol. The molecule has 1 aromatic carbocycles. The lowest BCUT2D eigenvalue weighted by atomic mass is 9.98. The van der Waals surface area contributed by atoms with Gasteiger partial charge in [0.1, 0.15) is 17.6 Å². The zero-order valence-electron chi connectivity index (χ0n) is 19.2. The standard InChI is InChI=1S/C24H24F4N4O2S/c1-3-14(2)12-32-13-15(10-31-35(33,34)17-4-5-17)18-7-22(25)19(8-23(18)32)20-11-30-16(9-29)6-21(20)24(26,27)28/h6-8,11,13-14,17,31H,3-5,10,12H2,1-2H3. The van der Waals surface area contributed by atoms with Gasteiger partial charge >= 0.3 is 6.18 Å². The molecule has 0 saturated heterocycles. The Kier molecular flexibility index (Phi) is 6.64. The van der Waals surface area contributed by atoms with Crippen molar-refractivity contribution in [3.8, 4) is 17.2 Å². The van der Waals surface area contributed by atoms with Crippen LogP contribution in [0.4, 0.5) is 17.6 Å². The molecule has 1 fully saturated rings. The number of benzene rings is 1. The summed E-state index contributed by atoms with van der Waals surface area (Å²) in [5.41, 5.74) is -1.32. The molecule has 0 bridgehead atoms. The molecular formula is C24H24F4N4O2S. The minimum Gasteiger partial charge on any atom is -0.347 e. The number of rotatable bonds is 8. The number of fused-ring (bicyclic) bond motifs is 1. The van der Waals surface area contributed by atoms with Crippen LogP contribution in [0.25, 0.3) is 22.0 Å². The third-order valence-electron chi connectivity index (χ3n) is 6.30. The molecule has 11 heteroatoms. The van der Waals surface area contributed by atoms with Crippen molar-refractivity contribution in [2.24, 2.45) is 5.92 Å². The van der Waals surface area contributed by atoms with E-state index in [-0.39, 0.29) is 18.0 Å². The predicted octanol–water partition coefficient (Wildman–Crippen LogP) is 5.36. The van der Waals surface area contributed by atoms with E-state index in [1.165, 1.54) is 6.07 Å². The van der Waals surface area contributed by atoms with E-state index in [0.29, 0.717) is 41.9 Å². The van der Waals surface area contributed by atoms with Gasteiger partial charge in [-0.2, -0.15) is 18.4 Å². The van der Waals surface area contributed by atoms with Crippen LogP contribution in [0.2, 0.25) is 0 Å². The van der Waals surface area contributed by atoms with E-state index in [1.807, 2.05) is 18.4 Å². The molecule has 0 amide bonds. The molecule has 1 aliphatic carbocycles. The maximum absolute atomic E-state index is 15.3. The van der Waals surface area contributed by atoms with Gasteiger partial charge in [0.25, 0.3) is 0 Å². The van der Waals surface area contributed by atoms with Crippen LogP contribution in [0.3, 0.4) is 0 Å². The lowest BCUT2D eigenvalue weighted by Crippen LogP contribution is -2.26. The highest BCUT2D eigenvalue weighted by molar-refractivity contribution is 7.90. The molecule has 2 heterocycles. The van der Waals surface area contributed by atoms with Gasteiger partial charge in [-0.25, -0.2) is 22.5 Å². The lowest BCUT2D eigenvalue weighted by molar-refractivity contribution is -0.137. The summed E-state index contributed by atoms with van der Waals surface area (Å²) in [7, 11) is -3.47. The van der Waals surface area contributed by atoms with Crippen LogP contribution < -0.4 is 4.72 Å². The fourth-order valence-electron chi connectivity index (χ4n) is 3.99. The summed E-state index contributed by atoms with van der Waals surface area (Å²) in [6.07, 6.45) is -0.201. The second kappa shape index (κ2) is 9.24. The number of hydrogen-bond acceptors (Lipinski definition) is 4. The monoisotopic (exact) mass is 508 g/mol. The highest BCUT2D eigenvalue weighted by Gasteiger charge is 2.36. The van der Waals surface area contributed by atoms with E-state index < -0.39 is 44.1 Å². The molecule has 1 saturated carbocycles. The van der Waals surface area contributed by atoms with Crippen LogP contribution in [0.15, 0.2) is 30.6 Å². The first-order valence-electron chi connectivity index (χ1n) is 11.2. The number of nitrogens with one attached hydrogen (secondary N) is 1. The number of pyridine rings is 1. The molecule has 1 aliphatic rings. The minimum absolute atomic E-state index is 0.0478. The van der Waals surface area contributed by atoms with Gasteiger partial charge in [-0.05, 0) is 42.5 Å². The number of nitrogens with zero attached hydrogens (tertiary/aromatic N) is 3. The fraction of sp³-hybridized carbons (Fsp3) is 0.417. The molecule has 1 unspecified atom stereocenters. The molecule has 0 radical (unpaired) electrons. The van der Waals surface area contributed by atoms with Crippen molar-refractivity contribution in [2.75, 3.05) is 0 Å². The Bertz CT molecular complexity index is 1420. The van der Waals surface area contributed by atoms with Crippen molar-refractivity contribution < 1.29 is 26.0 Å². The van der Waals surface area contributed by atoms with Crippen LogP contribution in [-0.2, 0) is 29.3 Å². The Morgan fingerprint density at radius 1 is 1.26 bits per heavy atom. The van der Waals surface area contributed by atoms with Crippen LogP contribution >= 0.6 is 0 Å². The average Bonchev–Trinajstić information content (AvgIpc) is 3.62. The molecule has 0 aliphatic heterocycles.